The van der Waals surface area contributed by atoms with Crippen molar-refractivity contribution in [2.75, 3.05) is 17.2 Å². The number of ketones is 1. The molecule has 1 aliphatic rings. The van der Waals surface area contributed by atoms with E-state index in [0.717, 1.165) is 5.69 Å². The van der Waals surface area contributed by atoms with Crippen LogP contribution < -0.4 is 10.6 Å². The third-order valence-electron chi connectivity index (χ3n) is 5.37. The maximum atomic E-state index is 13.2. The van der Waals surface area contributed by atoms with Crippen molar-refractivity contribution in [3.8, 4) is 11.3 Å². The first-order valence-corrected chi connectivity index (χ1v) is 10.9. The molecule has 9 nitrogen and oxygen atoms in total. The third-order valence-corrected chi connectivity index (χ3v) is 5.37. The summed E-state index contributed by atoms with van der Waals surface area (Å²) in [6, 6.07) is 13.0. The van der Waals surface area contributed by atoms with Crippen molar-refractivity contribution in [1.82, 2.24) is 14.9 Å². The highest BCUT2D eigenvalue weighted by Crippen LogP contribution is 2.38. The van der Waals surface area contributed by atoms with Gasteiger partial charge in [0, 0.05) is 30.1 Å². The Hall–Kier alpha value is -3.98. The van der Waals surface area contributed by atoms with Gasteiger partial charge in [-0.25, -0.2) is 4.98 Å². The van der Waals surface area contributed by atoms with Crippen LogP contribution in [0.5, 0.6) is 0 Å². The predicted octanol–water partition coefficient (Wildman–Crippen LogP) is 3.46. The molecule has 4 N–H and O–H groups in total. The fourth-order valence-electron chi connectivity index (χ4n) is 3.98. The van der Waals surface area contributed by atoms with Crippen molar-refractivity contribution in [3.05, 3.63) is 59.9 Å². The summed E-state index contributed by atoms with van der Waals surface area (Å²) in [4.78, 5) is 46.4. The fourth-order valence-corrected chi connectivity index (χ4v) is 3.98. The first-order chi connectivity index (χ1) is 16.1. The number of fused-ring (bicyclic) bond motifs is 1. The number of hydrogen-bond donors (Lipinski definition) is 4. The van der Waals surface area contributed by atoms with Gasteiger partial charge in [-0.3, -0.25) is 14.4 Å². The summed E-state index contributed by atoms with van der Waals surface area (Å²) < 4.78 is 0. The number of H-pyrrole nitrogens is 1. The molecule has 9 heteroatoms. The van der Waals surface area contributed by atoms with Crippen LogP contribution in [0.2, 0.25) is 0 Å². The first kappa shape index (κ1) is 23.2. The summed E-state index contributed by atoms with van der Waals surface area (Å²) in [5, 5.41) is 16.1. The van der Waals surface area contributed by atoms with Crippen molar-refractivity contribution < 1.29 is 19.5 Å². The second-order valence-electron chi connectivity index (χ2n) is 8.99. The molecule has 0 bridgehead atoms. The number of carbonyl (C=O) groups is 3. The number of aromatic nitrogens is 2. The van der Waals surface area contributed by atoms with Gasteiger partial charge in [0.25, 0.3) is 0 Å². The molecule has 2 aromatic heterocycles. The van der Waals surface area contributed by atoms with Gasteiger partial charge in [0.05, 0.1) is 42.1 Å². The van der Waals surface area contributed by atoms with Gasteiger partial charge in [0.15, 0.2) is 5.78 Å². The Labute approximate surface area is 197 Å². The summed E-state index contributed by atoms with van der Waals surface area (Å²) in [5.74, 6) is -0.356. The Morgan fingerprint density at radius 1 is 1.18 bits per heavy atom. The molecule has 2 amide bonds. The van der Waals surface area contributed by atoms with Crippen molar-refractivity contribution in [3.63, 3.8) is 0 Å². The standard InChI is InChI=1S/C25H27N5O4/c1-15(31)27-20-11-16(9-10-26-20)23-24(28-17-7-5-4-6-8-17)22-18(29-23)13-30(14-19(22)32)21(33)12-25(2,3)34/h4-11,28-29,34H,12-14H2,1-3H3,(H,26,27,31). The summed E-state index contributed by atoms with van der Waals surface area (Å²) in [7, 11) is 0. The van der Waals surface area contributed by atoms with Crippen LogP contribution in [0, 0.1) is 0 Å². The van der Waals surface area contributed by atoms with E-state index in [2.05, 4.69) is 20.6 Å². The summed E-state index contributed by atoms with van der Waals surface area (Å²) in [6.07, 6.45) is 1.50. The average Bonchev–Trinajstić information content (AvgIpc) is 3.12. The minimum atomic E-state index is -1.17. The number of anilines is 3. The molecular formula is C25H27N5O4. The number of nitrogens with one attached hydrogen (secondary N) is 3. The number of carbonyl (C=O) groups excluding carboxylic acids is 3. The van der Waals surface area contributed by atoms with E-state index in [-0.39, 0.29) is 37.1 Å². The van der Waals surface area contributed by atoms with E-state index in [9.17, 15) is 19.5 Å². The normalized spacial score (nSPS) is 13.4. The number of benzene rings is 1. The Morgan fingerprint density at radius 3 is 2.59 bits per heavy atom. The number of hydrogen-bond acceptors (Lipinski definition) is 6. The molecule has 3 heterocycles. The number of nitrogens with zero attached hydrogens (tertiary/aromatic N) is 2. The number of aliphatic hydroxyl groups is 1. The van der Waals surface area contributed by atoms with Gasteiger partial charge in [0.1, 0.15) is 5.82 Å². The maximum absolute atomic E-state index is 13.2. The van der Waals surface area contributed by atoms with Crippen LogP contribution in [0.25, 0.3) is 11.3 Å². The van der Waals surface area contributed by atoms with Gasteiger partial charge in [-0.2, -0.15) is 0 Å². The van der Waals surface area contributed by atoms with Crippen LogP contribution in [0.4, 0.5) is 17.2 Å². The Bertz CT molecular complexity index is 1240. The van der Waals surface area contributed by atoms with Gasteiger partial charge in [0.2, 0.25) is 11.8 Å². The molecule has 34 heavy (non-hydrogen) atoms. The number of aromatic amines is 1. The molecule has 1 aliphatic heterocycles. The van der Waals surface area contributed by atoms with E-state index in [4.69, 9.17) is 0 Å². The monoisotopic (exact) mass is 461 g/mol. The summed E-state index contributed by atoms with van der Waals surface area (Å²) in [6.45, 7) is 4.67. The Kier molecular flexibility index (Phi) is 6.21. The van der Waals surface area contributed by atoms with Crippen molar-refractivity contribution in [1.29, 1.82) is 0 Å². The highest BCUT2D eigenvalue weighted by molar-refractivity contribution is 6.09. The number of amides is 2. The van der Waals surface area contributed by atoms with E-state index in [1.807, 2.05) is 30.3 Å². The van der Waals surface area contributed by atoms with E-state index in [1.165, 1.54) is 11.8 Å². The summed E-state index contributed by atoms with van der Waals surface area (Å²) in [5.41, 5.74) is 2.69. The second-order valence-corrected chi connectivity index (χ2v) is 8.99. The predicted molar refractivity (Wildman–Crippen MR) is 129 cm³/mol. The highest BCUT2D eigenvalue weighted by atomic mass is 16.3. The maximum Gasteiger partial charge on any atom is 0.226 e. The molecule has 0 aliphatic carbocycles. The number of pyridine rings is 1. The quantitative estimate of drug-likeness (QED) is 0.445. The van der Waals surface area contributed by atoms with Crippen LogP contribution in [0.1, 0.15) is 43.2 Å². The molecule has 0 atom stereocenters. The zero-order chi connectivity index (χ0) is 24.5. The van der Waals surface area contributed by atoms with Crippen LogP contribution in [-0.4, -0.2) is 49.7 Å². The lowest BCUT2D eigenvalue weighted by Gasteiger charge is -2.29. The van der Waals surface area contributed by atoms with Gasteiger partial charge >= 0.3 is 0 Å². The minimum Gasteiger partial charge on any atom is -0.390 e. The minimum absolute atomic E-state index is 0.0733. The zero-order valence-electron chi connectivity index (χ0n) is 19.3. The van der Waals surface area contributed by atoms with Crippen molar-refractivity contribution >= 4 is 34.8 Å². The fraction of sp³-hybridized carbons (Fsp3) is 0.280. The Morgan fingerprint density at radius 2 is 1.91 bits per heavy atom. The van der Waals surface area contributed by atoms with E-state index >= 15 is 0 Å². The summed E-state index contributed by atoms with van der Waals surface area (Å²) >= 11 is 0. The number of para-hydroxylation sites is 1. The molecule has 0 spiro atoms. The van der Waals surface area contributed by atoms with Crippen LogP contribution >= 0.6 is 0 Å². The molecule has 0 radical (unpaired) electrons. The van der Waals surface area contributed by atoms with Gasteiger partial charge < -0.3 is 25.6 Å². The second kappa shape index (κ2) is 9.11. The Balaban J connectivity index is 1.77. The van der Waals surface area contributed by atoms with Crippen molar-refractivity contribution in [2.45, 2.75) is 39.3 Å². The zero-order valence-corrected chi connectivity index (χ0v) is 19.3. The number of Topliss-reactive ketones (excluding diaryl/α,β-unsaturated/α-hetero) is 1. The van der Waals surface area contributed by atoms with Gasteiger partial charge in [-0.05, 0) is 38.1 Å². The third kappa shape index (κ3) is 5.15. The first-order valence-electron chi connectivity index (χ1n) is 10.9. The van der Waals surface area contributed by atoms with Crippen molar-refractivity contribution in [2.24, 2.45) is 0 Å². The molecule has 0 fully saturated rings. The average molecular weight is 462 g/mol. The topological polar surface area (TPSA) is 127 Å². The van der Waals surface area contributed by atoms with Crippen LogP contribution in [-0.2, 0) is 16.1 Å². The van der Waals surface area contributed by atoms with Crippen LogP contribution in [0.3, 0.4) is 0 Å². The molecule has 0 saturated heterocycles. The highest BCUT2D eigenvalue weighted by Gasteiger charge is 2.34. The SMILES string of the molecule is CC(=O)Nc1cc(-c2[nH]c3c(c2Nc2ccccc2)C(=O)CN(C(=O)CC(C)(C)O)C3)ccn1. The van der Waals surface area contributed by atoms with E-state index in [1.54, 1.807) is 32.2 Å². The molecular weight excluding hydrogens is 434 g/mol. The van der Waals surface area contributed by atoms with Crippen LogP contribution in [0.15, 0.2) is 48.7 Å². The molecule has 176 valence electrons. The molecule has 4 rings (SSSR count). The van der Waals surface area contributed by atoms with Gasteiger partial charge in [-0.1, -0.05) is 18.2 Å². The lowest BCUT2D eigenvalue weighted by Crippen LogP contribution is -2.42. The van der Waals surface area contributed by atoms with E-state index < -0.39 is 5.60 Å². The van der Waals surface area contributed by atoms with Gasteiger partial charge in [-0.15, -0.1) is 0 Å². The largest absolute Gasteiger partial charge is 0.390 e. The molecule has 0 saturated carbocycles. The number of rotatable bonds is 6. The smallest absolute Gasteiger partial charge is 0.226 e. The molecule has 0 unspecified atom stereocenters. The molecule has 1 aromatic carbocycles. The van der Waals surface area contributed by atoms with E-state index in [0.29, 0.717) is 34.0 Å². The lowest BCUT2D eigenvalue weighted by atomic mass is 10.00. The lowest BCUT2D eigenvalue weighted by molar-refractivity contribution is -0.135. The molecule has 3 aromatic rings.